The zero-order valence-electron chi connectivity index (χ0n) is 10.4. The van der Waals surface area contributed by atoms with Gasteiger partial charge < -0.3 is 9.47 Å². The second-order valence-corrected chi connectivity index (χ2v) is 5.56. The Bertz CT molecular complexity index is 538. The van der Waals surface area contributed by atoms with E-state index in [4.69, 9.17) is 9.47 Å². The van der Waals surface area contributed by atoms with Crippen molar-refractivity contribution in [2.75, 3.05) is 14.2 Å². The Hall–Kier alpha value is -0.750. The molecule has 0 radical (unpaired) electrons. The number of benzene rings is 1. The molecule has 96 valence electrons. The first-order valence-electron chi connectivity index (χ1n) is 5.43. The third-order valence-electron chi connectivity index (χ3n) is 2.61. The van der Waals surface area contributed by atoms with E-state index >= 15 is 0 Å². The van der Waals surface area contributed by atoms with Gasteiger partial charge in [-0.05, 0) is 18.6 Å². The Morgan fingerprint density at radius 3 is 2.61 bits per heavy atom. The minimum Gasteiger partial charge on any atom is -0.350 e. The predicted octanol–water partition coefficient (Wildman–Crippen LogP) is 4.17. The monoisotopic (exact) mass is 327 g/mol. The Morgan fingerprint density at radius 2 is 2.00 bits per heavy atom. The fraction of sp³-hybridized carbons (Fsp3) is 0.308. The first-order chi connectivity index (χ1) is 8.65. The largest absolute Gasteiger partial charge is 0.350 e. The summed E-state index contributed by atoms with van der Waals surface area (Å²) in [6.45, 7) is 2.06. The fourth-order valence-electron chi connectivity index (χ4n) is 1.59. The van der Waals surface area contributed by atoms with E-state index in [9.17, 15) is 0 Å². The average Bonchev–Trinajstić information content (AvgIpc) is 2.84. The summed E-state index contributed by atoms with van der Waals surface area (Å²) in [5.74, 6) is 0. The molecule has 0 amide bonds. The molecule has 0 N–H and O–H groups in total. The maximum atomic E-state index is 5.19. The van der Waals surface area contributed by atoms with Crippen LogP contribution in [0.4, 0.5) is 0 Å². The molecule has 1 aromatic heterocycles. The highest BCUT2D eigenvalue weighted by Crippen LogP contribution is 2.30. The molecule has 0 atom stereocenters. The van der Waals surface area contributed by atoms with E-state index in [2.05, 4.69) is 46.0 Å². The quantitative estimate of drug-likeness (QED) is 0.789. The third kappa shape index (κ3) is 2.80. The average molecular weight is 328 g/mol. The van der Waals surface area contributed by atoms with Crippen molar-refractivity contribution in [1.82, 2.24) is 4.98 Å². The number of methoxy groups -OCH3 is 2. The molecule has 0 aliphatic carbocycles. The zero-order valence-corrected chi connectivity index (χ0v) is 12.8. The fourth-order valence-corrected chi connectivity index (χ4v) is 2.79. The molecule has 0 unspecified atom stereocenters. The number of hydrogen-bond acceptors (Lipinski definition) is 4. The lowest BCUT2D eigenvalue weighted by atomic mass is 10.2. The standard InChI is InChI=1S/C13H14BrNO2S/c1-8-4-5-9(6-10(8)14)12-15-11(7-18-12)13(16-2)17-3/h4-7,13H,1-3H3. The van der Waals surface area contributed by atoms with Gasteiger partial charge in [-0.2, -0.15) is 0 Å². The van der Waals surface area contributed by atoms with E-state index in [1.807, 2.05) is 5.38 Å². The van der Waals surface area contributed by atoms with E-state index in [1.54, 1.807) is 25.6 Å². The summed E-state index contributed by atoms with van der Waals surface area (Å²) in [6.07, 6.45) is -0.399. The minimum absolute atomic E-state index is 0.399. The normalized spacial score (nSPS) is 11.2. The molecule has 0 fully saturated rings. The number of ether oxygens (including phenoxy) is 2. The summed E-state index contributed by atoms with van der Waals surface area (Å²) in [5.41, 5.74) is 3.11. The van der Waals surface area contributed by atoms with Gasteiger partial charge in [0.15, 0.2) is 0 Å². The van der Waals surface area contributed by atoms with E-state index in [-0.39, 0.29) is 0 Å². The van der Waals surface area contributed by atoms with Crippen LogP contribution >= 0.6 is 27.3 Å². The maximum Gasteiger partial charge on any atom is 0.201 e. The number of rotatable bonds is 4. The number of nitrogens with zero attached hydrogens (tertiary/aromatic N) is 1. The molecule has 0 saturated carbocycles. The molecule has 5 heteroatoms. The molecule has 3 nitrogen and oxygen atoms in total. The van der Waals surface area contributed by atoms with Crippen LogP contribution in [0.2, 0.25) is 0 Å². The van der Waals surface area contributed by atoms with Gasteiger partial charge in [-0.25, -0.2) is 4.98 Å². The van der Waals surface area contributed by atoms with Crippen LogP contribution in [0.3, 0.4) is 0 Å². The summed E-state index contributed by atoms with van der Waals surface area (Å²) in [5, 5.41) is 2.92. The summed E-state index contributed by atoms with van der Waals surface area (Å²) >= 11 is 5.12. The highest BCUT2D eigenvalue weighted by molar-refractivity contribution is 9.10. The third-order valence-corrected chi connectivity index (χ3v) is 4.37. The van der Waals surface area contributed by atoms with Crippen LogP contribution in [-0.2, 0) is 9.47 Å². The Kier molecular flexibility index (Phi) is 4.50. The molecule has 18 heavy (non-hydrogen) atoms. The first-order valence-corrected chi connectivity index (χ1v) is 7.10. The zero-order chi connectivity index (χ0) is 13.1. The van der Waals surface area contributed by atoms with Crippen molar-refractivity contribution < 1.29 is 9.47 Å². The predicted molar refractivity (Wildman–Crippen MR) is 76.7 cm³/mol. The molecule has 0 aliphatic rings. The van der Waals surface area contributed by atoms with Gasteiger partial charge in [0.2, 0.25) is 6.29 Å². The minimum atomic E-state index is -0.399. The van der Waals surface area contributed by atoms with Crippen molar-refractivity contribution in [3.8, 4) is 10.6 Å². The van der Waals surface area contributed by atoms with E-state index < -0.39 is 6.29 Å². The lowest BCUT2D eigenvalue weighted by molar-refractivity contribution is -0.108. The van der Waals surface area contributed by atoms with Crippen LogP contribution < -0.4 is 0 Å². The number of halogens is 1. The van der Waals surface area contributed by atoms with Crippen molar-refractivity contribution >= 4 is 27.3 Å². The lowest BCUT2D eigenvalue weighted by Crippen LogP contribution is -2.03. The smallest absolute Gasteiger partial charge is 0.201 e. The molecular weight excluding hydrogens is 314 g/mol. The molecule has 2 aromatic rings. The van der Waals surface area contributed by atoms with Crippen molar-refractivity contribution in [1.29, 1.82) is 0 Å². The van der Waals surface area contributed by atoms with Gasteiger partial charge in [0, 0.05) is 29.6 Å². The Labute approximate surface area is 119 Å². The molecule has 0 saturated heterocycles. The summed E-state index contributed by atoms with van der Waals surface area (Å²) < 4.78 is 11.5. The molecule has 1 aromatic carbocycles. The van der Waals surface area contributed by atoms with Crippen LogP contribution in [0.25, 0.3) is 10.6 Å². The summed E-state index contributed by atoms with van der Waals surface area (Å²) in [7, 11) is 3.21. The molecule has 1 heterocycles. The van der Waals surface area contributed by atoms with Gasteiger partial charge in [-0.15, -0.1) is 11.3 Å². The SMILES string of the molecule is COC(OC)c1csc(-c2ccc(C)c(Br)c2)n1. The lowest BCUT2D eigenvalue weighted by Gasteiger charge is -2.09. The second-order valence-electron chi connectivity index (χ2n) is 3.84. The van der Waals surface area contributed by atoms with Gasteiger partial charge in [0.05, 0.1) is 0 Å². The Morgan fingerprint density at radius 1 is 1.28 bits per heavy atom. The van der Waals surface area contributed by atoms with Crippen molar-refractivity contribution in [2.45, 2.75) is 13.2 Å². The van der Waals surface area contributed by atoms with Gasteiger partial charge in [0.25, 0.3) is 0 Å². The topological polar surface area (TPSA) is 31.4 Å². The summed E-state index contributed by atoms with van der Waals surface area (Å²) in [6, 6.07) is 6.22. The van der Waals surface area contributed by atoms with Crippen LogP contribution in [0.5, 0.6) is 0 Å². The molecule has 0 spiro atoms. The van der Waals surface area contributed by atoms with Gasteiger partial charge >= 0.3 is 0 Å². The number of hydrogen-bond donors (Lipinski definition) is 0. The van der Waals surface area contributed by atoms with Crippen LogP contribution in [0, 0.1) is 6.92 Å². The maximum absolute atomic E-state index is 5.19. The number of aryl methyl sites for hydroxylation is 1. The molecular formula is C13H14BrNO2S. The van der Waals surface area contributed by atoms with E-state index in [0.717, 1.165) is 20.7 Å². The van der Waals surface area contributed by atoms with Crippen molar-refractivity contribution in [2.24, 2.45) is 0 Å². The molecule has 0 aliphatic heterocycles. The van der Waals surface area contributed by atoms with E-state index in [0.29, 0.717) is 0 Å². The second kappa shape index (κ2) is 5.93. The van der Waals surface area contributed by atoms with Crippen LogP contribution in [-0.4, -0.2) is 19.2 Å². The molecule has 2 rings (SSSR count). The number of aromatic nitrogens is 1. The van der Waals surface area contributed by atoms with Crippen LogP contribution in [0.15, 0.2) is 28.1 Å². The highest BCUT2D eigenvalue weighted by atomic mass is 79.9. The Balaban J connectivity index is 2.31. The first kappa shape index (κ1) is 13.7. The summed E-state index contributed by atoms with van der Waals surface area (Å²) in [4.78, 5) is 4.54. The van der Waals surface area contributed by atoms with Gasteiger partial charge in [-0.3, -0.25) is 0 Å². The highest BCUT2D eigenvalue weighted by Gasteiger charge is 2.14. The van der Waals surface area contributed by atoms with Crippen molar-refractivity contribution in [3.63, 3.8) is 0 Å². The van der Waals surface area contributed by atoms with Gasteiger partial charge in [0.1, 0.15) is 10.7 Å². The van der Waals surface area contributed by atoms with Gasteiger partial charge in [-0.1, -0.05) is 28.1 Å². The van der Waals surface area contributed by atoms with Crippen molar-refractivity contribution in [3.05, 3.63) is 39.3 Å². The molecule has 0 bridgehead atoms. The van der Waals surface area contributed by atoms with E-state index in [1.165, 1.54) is 5.56 Å². The number of thiazole rings is 1. The van der Waals surface area contributed by atoms with Crippen LogP contribution in [0.1, 0.15) is 17.5 Å².